The molecule has 7 heteroatoms. The van der Waals surface area contributed by atoms with Gasteiger partial charge in [-0.1, -0.05) is 12.1 Å². The number of carbonyl (C=O) groups excluding carboxylic acids is 1. The molecule has 3 aromatic heterocycles. The van der Waals surface area contributed by atoms with Crippen LogP contribution in [0.15, 0.2) is 54.9 Å². The van der Waals surface area contributed by atoms with Gasteiger partial charge in [-0.05, 0) is 49.7 Å². The van der Waals surface area contributed by atoms with Crippen LogP contribution >= 0.6 is 0 Å². The maximum atomic E-state index is 12.5. The van der Waals surface area contributed by atoms with Crippen LogP contribution in [0.5, 0.6) is 0 Å². The average molecular weight is 362 g/mol. The number of piperidine rings is 1. The molecule has 0 bridgehead atoms. The van der Waals surface area contributed by atoms with E-state index in [4.69, 9.17) is 0 Å². The summed E-state index contributed by atoms with van der Waals surface area (Å²) in [4.78, 5) is 23.7. The number of aromatic nitrogens is 4. The molecule has 7 nitrogen and oxygen atoms in total. The number of likely N-dealkylation sites (tertiary alicyclic amines) is 1. The Morgan fingerprint density at radius 3 is 2.96 bits per heavy atom. The number of aromatic amines is 1. The number of H-pyrrole nitrogens is 1. The third-order valence-corrected chi connectivity index (χ3v) is 4.79. The van der Waals surface area contributed by atoms with Crippen molar-refractivity contribution in [1.82, 2.24) is 25.1 Å². The summed E-state index contributed by atoms with van der Waals surface area (Å²) in [5.41, 5.74) is 2.51. The standard InChI is InChI=1S/C20H22N6O/c27-20(24-19-8-1-2-10-21-19)18-7-3-6-17(23-18)15-5-4-12-26(13-15)14-16-9-11-22-25-16/h1-3,6-11,15H,4-5,12-14H2,(H,22,25)(H,21,24,27). The number of hydrogen-bond donors (Lipinski definition) is 2. The zero-order chi connectivity index (χ0) is 18.5. The molecule has 0 aromatic carbocycles. The summed E-state index contributed by atoms with van der Waals surface area (Å²) in [7, 11) is 0. The maximum Gasteiger partial charge on any atom is 0.275 e. The first-order valence-corrected chi connectivity index (χ1v) is 9.18. The van der Waals surface area contributed by atoms with Crippen LogP contribution in [0.4, 0.5) is 5.82 Å². The van der Waals surface area contributed by atoms with Gasteiger partial charge in [0, 0.05) is 42.8 Å². The van der Waals surface area contributed by atoms with Crippen molar-refractivity contribution in [1.29, 1.82) is 0 Å². The summed E-state index contributed by atoms with van der Waals surface area (Å²) in [6, 6.07) is 13.1. The molecular weight excluding hydrogens is 340 g/mol. The number of carbonyl (C=O) groups is 1. The van der Waals surface area contributed by atoms with E-state index in [1.54, 1.807) is 24.5 Å². The van der Waals surface area contributed by atoms with Gasteiger partial charge in [-0.2, -0.15) is 5.10 Å². The van der Waals surface area contributed by atoms with Crippen LogP contribution in [0, 0.1) is 0 Å². The Bertz CT molecular complexity index is 881. The largest absolute Gasteiger partial charge is 0.305 e. The van der Waals surface area contributed by atoms with Crippen molar-refractivity contribution in [3.8, 4) is 0 Å². The molecule has 1 atom stereocenters. The van der Waals surface area contributed by atoms with Crippen LogP contribution in [0.2, 0.25) is 0 Å². The first-order chi connectivity index (χ1) is 13.3. The Balaban J connectivity index is 1.44. The van der Waals surface area contributed by atoms with Crippen molar-refractivity contribution in [2.45, 2.75) is 25.3 Å². The van der Waals surface area contributed by atoms with Gasteiger partial charge in [-0.15, -0.1) is 0 Å². The lowest BCUT2D eigenvalue weighted by atomic mass is 9.94. The van der Waals surface area contributed by atoms with Crippen LogP contribution in [0.25, 0.3) is 0 Å². The van der Waals surface area contributed by atoms with E-state index >= 15 is 0 Å². The Hall–Kier alpha value is -3.06. The molecule has 4 heterocycles. The number of nitrogens with zero attached hydrogens (tertiary/aromatic N) is 4. The fraction of sp³-hybridized carbons (Fsp3) is 0.300. The second-order valence-corrected chi connectivity index (χ2v) is 6.77. The predicted molar refractivity (Wildman–Crippen MR) is 102 cm³/mol. The average Bonchev–Trinajstić information content (AvgIpc) is 3.22. The van der Waals surface area contributed by atoms with Gasteiger partial charge in [0.05, 0.1) is 0 Å². The Morgan fingerprint density at radius 1 is 1.19 bits per heavy atom. The van der Waals surface area contributed by atoms with Crippen molar-refractivity contribution in [2.24, 2.45) is 0 Å². The molecule has 1 saturated heterocycles. The highest BCUT2D eigenvalue weighted by Crippen LogP contribution is 2.26. The Labute approximate surface area is 157 Å². The van der Waals surface area contributed by atoms with E-state index in [0.29, 0.717) is 17.4 Å². The normalized spacial score (nSPS) is 17.6. The third-order valence-electron chi connectivity index (χ3n) is 4.79. The monoisotopic (exact) mass is 362 g/mol. The molecule has 2 N–H and O–H groups in total. The van der Waals surface area contributed by atoms with Gasteiger partial charge in [0.1, 0.15) is 11.5 Å². The van der Waals surface area contributed by atoms with E-state index in [-0.39, 0.29) is 5.91 Å². The molecule has 0 saturated carbocycles. The zero-order valence-corrected chi connectivity index (χ0v) is 15.0. The molecule has 1 fully saturated rings. The molecule has 1 unspecified atom stereocenters. The molecule has 3 aromatic rings. The van der Waals surface area contributed by atoms with Crippen molar-refractivity contribution in [3.63, 3.8) is 0 Å². The van der Waals surface area contributed by atoms with Crippen LogP contribution in [-0.4, -0.2) is 44.1 Å². The molecule has 138 valence electrons. The van der Waals surface area contributed by atoms with Crippen LogP contribution in [0.3, 0.4) is 0 Å². The predicted octanol–water partition coefficient (Wildman–Crippen LogP) is 2.83. The number of nitrogens with one attached hydrogen (secondary N) is 2. The molecule has 0 aliphatic carbocycles. The van der Waals surface area contributed by atoms with Crippen molar-refractivity contribution in [3.05, 3.63) is 71.9 Å². The fourth-order valence-electron chi connectivity index (χ4n) is 3.48. The van der Waals surface area contributed by atoms with Gasteiger partial charge < -0.3 is 5.32 Å². The SMILES string of the molecule is O=C(Nc1ccccn1)c1cccc(C2CCCN(Cc3ccn[nH]3)C2)n1. The topological polar surface area (TPSA) is 86.8 Å². The van der Waals surface area contributed by atoms with Crippen LogP contribution in [-0.2, 0) is 6.54 Å². The molecule has 4 rings (SSSR count). The number of rotatable bonds is 5. The number of hydrogen-bond acceptors (Lipinski definition) is 5. The second-order valence-electron chi connectivity index (χ2n) is 6.77. The van der Waals surface area contributed by atoms with Gasteiger partial charge in [-0.25, -0.2) is 9.97 Å². The van der Waals surface area contributed by atoms with Gasteiger partial charge in [0.25, 0.3) is 5.91 Å². The molecule has 27 heavy (non-hydrogen) atoms. The lowest BCUT2D eigenvalue weighted by Crippen LogP contribution is -2.34. The quantitative estimate of drug-likeness (QED) is 0.729. The van der Waals surface area contributed by atoms with Crippen LogP contribution < -0.4 is 5.32 Å². The first-order valence-electron chi connectivity index (χ1n) is 9.18. The summed E-state index contributed by atoms with van der Waals surface area (Å²) < 4.78 is 0. The van der Waals surface area contributed by atoms with Gasteiger partial charge in [-0.3, -0.25) is 14.8 Å². The minimum absolute atomic E-state index is 0.235. The molecular formula is C20H22N6O. The third kappa shape index (κ3) is 4.38. The molecule has 0 spiro atoms. The highest BCUT2D eigenvalue weighted by Gasteiger charge is 2.23. The molecule has 0 radical (unpaired) electrons. The van der Waals surface area contributed by atoms with Crippen LogP contribution in [0.1, 0.15) is 40.6 Å². The summed E-state index contributed by atoms with van der Waals surface area (Å²) >= 11 is 0. The van der Waals surface area contributed by atoms with E-state index in [2.05, 4.69) is 30.4 Å². The fourth-order valence-corrected chi connectivity index (χ4v) is 3.48. The van der Waals surface area contributed by atoms with Gasteiger partial charge in [0.15, 0.2) is 0 Å². The highest BCUT2D eigenvalue weighted by molar-refractivity contribution is 6.02. The van der Waals surface area contributed by atoms with Crippen molar-refractivity contribution in [2.75, 3.05) is 18.4 Å². The van der Waals surface area contributed by atoms with Crippen molar-refractivity contribution >= 4 is 11.7 Å². The lowest BCUT2D eigenvalue weighted by molar-refractivity contribution is 0.102. The van der Waals surface area contributed by atoms with E-state index in [1.165, 1.54) is 0 Å². The zero-order valence-electron chi connectivity index (χ0n) is 15.0. The lowest BCUT2D eigenvalue weighted by Gasteiger charge is -2.32. The first kappa shape index (κ1) is 17.4. The highest BCUT2D eigenvalue weighted by atomic mass is 16.1. The smallest absolute Gasteiger partial charge is 0.275 e. The van der Waals surface area contributed by atoms with Gasteiger partial charge in [0.2, 0.25) is 0 Å². The number of anilines is 1. The minimum Gasteiger partial charge on any atom is -0.305 e. The number of amides is 1. The van der Waals surface area contributed by atoms with Crippen molar-refractivity contribution < 1.29 is 4.79 Å². The second kappa shape index (κ2) is 8.09. The van der Waals surface area contributed by atoms with E-state index in [1.807, 2.05) is 30.3 Å². The van der Waals surface area contributed by atoms with E-state index in [0.717, 1.165) is 43.9 Å². The van der Waals surface area contributed by atoms with E-state index in [9.17, 15) is 4.79 Å². The summed E-state index contributed by atoms with van der Waals surface area (Å²) in [5.74, 6) is 0.614. The van der Waals surface area contributed by atoms with Gasteiger partial charge >= 0.3 is 0 Å². The number of pyridine rings is 2. The molecule has 1 aliphatic rings. The summed E-state index contributed by atoms with van der Waals surface area (Å²) in [6.07, 6.45) is 5.63. The Kier molecular flexibility index (Phi) is 5.20. The molecule has 1 amide bonds. The Morgan fingerprint density at radius 2 is 2.15 bits per heavy atom. The summed E-state index contributed by atoms with van der Waals surface area (Å²) in [5, 5.41) is 9.83. The molecule has 1 aliphatic heterocycles. The maximum absolute atomic E-state index is 12.5. The summed E-state index contributed by atoms with van der Waals surface area (Å²) in [6.45, 7) is 2.85. The van der Waals surface area contributed by atoms with E-state index < -0.39 is 0 Å². The minimum atomic E-state index is -0.235.